The highest BCUT2D eigenvalue weighted by Crippen LogP contribution is 2.37. The Morgan fingerprint density at radius 1 is 1.33 bits per heavy atom. The molecule has 0 aliphatic rings. The number of alkyl halides is 3. The van der Waals surface area contributed by atoms with Crippen LogP contribution in [-0.2, 0) is 6.18 Å². The van der Waals surface area contributed by atoms with Crippen LogP contribution in [0, 0.1) is 12.3 Å². The van der Waals surface area contributed by atoms with Crippen molar-refractivity contribution in [2.75, 3.05) is 0 Å². The zero-order valence-electron chi connectivity index (χ0n) is 9.84. The lowest BCUT2D eigenvalue weighted by molar-refractivity contribution is -0.139. The van der Waals surface area contributed by atoms with Crippen LogP contribution in [0.3, 0.4) is 0 Å². The fourth-order valence-corrected chi connectivity index (χ4v) is 1.24. The van der Waals surface area contributed by atoms with Gasteiger partial charge in [0.1, 0.15) is 12.0 Å². The van der Waals surface area contributed by atoms with E-state index in [0.717, 1.165) is 12.1 Å². The van der Waals surface area contributed by atoms with Crippen LogP contribution >= 0.6 is 0 Å². The minimum Gasteiger partial charge on any atom is -0.475 e. The minimum atomic E-state index is -4.61. The Morgan fingerprint density at radius 3 is 2.39 bits per heavy atom. The van der Waals surface area contributed by atoms with Crippen LogP contribution in [0.5, 0.6) is 5.75 Å². The van der Waals surface area contributed by atoms with E-state index in [2.05, 4.69) is 5.92 Å². The van der Waals surface area contributed by atoms with Crippen molar-refractivity contribution >= 4 is 6.29 Å². The number of rotatable bonds is 3. The molecule has 1 aromatic rings. The van der Waals surface area contributed by atoms with Gasteiger partial charge >= 0.3 is 6.18 Å². The molecule has 1 aromatic carbocycles. The Bertz CT molecular complexity index is 496. The molecule has 2 nitrogen and oxygen atoms in total. The summed E-state index contributed by atoms with van der Waals surface area (Å²) >= 11 is 0. The molecule has 0 atom stereocenters. The summed E-state index contributed by atoms with van der Waals surface area (Å²) in [6, 6.07) is 3.06. The Morgan fingerprint density at radius 2 is 1.94 bits per heavy atom. The lowest BCUT2D eigenvalue weighted by Crippen LogP contribution is -2.27. The maximum atomic E-state index is 12.8. The van der Waals surface area contributed by atoms with Crippen molar-refractivity contribution < 1.29 is 22.7 Å². The van der Waals surface area contributed by atoms with Gasteiger partial charge in [-0.15, -0.1) is 6.42 Å². The summed E-state index contributed by atoms with van der Waals surface area (Å²) in [6.07, 6.45) is 0.883. The topological polar surface area (TPSA) is 26.3 Å². The first-order chi connectivity index (χ1) is 8.19. The summed E-state index contributed by atoms with van der Waals surface area (Å²) in [5.74, 6) is 1.85. The highest BCUT2D eigenvalue weighted by Gasteiger charge is 2.36. The molecule has 0 unspecified atom stereocenters. The van der Waals surface area contributed by atoms with Gasteiger partial charge in [0.05, 0.1) is 5.56 Å². The van der Waals surface area contributed by atoms with Crippen molar-refractivity contribution in [3.63, 3.8) is 0 Å². The van der Waals surface area contributed by atoms with Crippen LogP contribution in [0.25, 0.3) is 0 Å². The predicted molar refractivity (Wildman–Crippen MR) is 60.4 cm³/mol. The quantitative estimate of drug-likeness (QED) is 0.612. The van der Waals surface area contributed by atoms with Crippen molar-refractivity contribution in [3.8, 4) is 18.1 Å². The molecule has 1 rings (SSSR count). The zero-order valence-corrected chi connectivity index (χ0v) is 9.84. The van der Waals surface area contributed by atoms with E-state index in [-0.39, 0.29) is 5.56 Å². The van der Waals surface area contributed by atoms with Crippen LogP contribution in [0.15, 0.2) is 18.2 Å². The zero-order chi connectivity index (χ0) is 14.0. The standard InChI is InChI=1S/C13H11F3O2/c1-4-12(2,3)18-11-6-5-9(8-17)7-10(11)13(14,15)16/h1,5-8H,2-3H3. The monoisotopic (exact) mass is 256 g/mol. The van der Waals surface area contributed by atoms with Crippen LogP contribution in [-0.4, -0.2) is 11.9 Å². The van der Waals surface area contributed by atoms with Gasteiger partial charge in [-0.1, -0.05) is 5.92 Å². The maximum absolute atomic E-state index is 12.8. The molecule has 0 saturated heterocycles. The molecular formula is C13H11F3O2. The third kappa shape index (κ3) is 3.27. The summed E-state index contributed by atoms with van der Waals surface area (Å²) in [7, 11) is 0. The van der Waals surface area contributed by atoms with E-state index in [4.69, 9.17) is 11.2 Å². The summed E-state index contributed by atoms with van der Waals surface area (Å²) in [4.78, 5) is 10.5. The van der Waals surface area contributed by atoms with E-state index in [1.54, 1.807) is 0 Å². The largest absolute Gasteiger partial charge is 0.475 e. The number of terminal acetylenes is 1. The lowest BCUT2D eigenvalue weighted by Gasteiger charge is -2.23. The Hall–Kier alpha value is -1.96. The SMILES string of the molecule is C#CC(C)(C)Oc1ccc(C=O)cc1C(F)(F)F. The summed E-state index contributed by atoms with van der Waals surface area (Å²) in [5, 5.41) is 0. The smallest absolute Gasteiger partial charge is 0.419 e. The van der Waals surface area contributed by atoms with Crippen molar-refractivity contribution in [2.24, 2.45) is 0 Å². The van der Waals surface area contributed by atoms with Crippen LogP contribution in [0.1, 0.15) is 29.8 Å². The van der Waals surface area contributed by atoms with Crippen LogP contribution in [0.4, 0.5) is 13.2 Å². The van der Waals surface area contributed by atoms with Crippen molar-refractivity contribution in [1.82, 2.24) is 0 Å². The highest BCUT2D eigenvalue weighted by atomic mass is 19.4. The second-order valence-electron chi connectivity index (χ2n) is 4.13. The number of carbonyl (C=O) groups is 1. The molecule has 0 aromatic heterocycles. The molecule has 0 aliphatic carbocycles. The molecule has 0 spiro atoms. The number of benzene rings is 1. The van der Waals surface area contributed by atoms with E-state index in [1.165, 1.54) is 19.9 Å². The van der Waals surface area contributed by atoms with Crippen molar-refractivity contribution in [2.45, 2.75) is 25.6 Å². The normalized spacial score (nSPS) is 11.8. The second kappa shape index (κ2) is 4.73. The number of aldehydes is 1. The molecule has 0 N–H and O–H groups in total. The fourth-order valence-electron chi connectivity index (χ4n) is 1.24. The summed E-state index contributed by atoms with van der Waals surface area (Å²) in [5.41, 5.74) is -2.26. The number of halogens is 3. The van der Waals surface area contributed by atoms with E-state index < -0.39 is 23.1 Å². The van der Waals surface area contributed by atoms with Gasteiger partial charge in [-0.3, -0.25) is 4.79 Å². The fraction of sp³-hybridized carbons (Fsp3) is 0.308. The molecule has 96 valence electrons. The second-order valence-corrected chi connectivity index (χ2v) is 4.13. The Labute approximate surface area is 103 Å². The first-order valence-electron chi connectivity index (χ1n) is 5.03. The van der Waals surface area contributed by atoms with Gasteiger partial charge in [-0.2, -0.15) is 13.2 Å². The molecule has 5 heteroatoms. The van der Waals surface area contributed by atoms with Crippen molar-refractivity contribution in [1.29, 1.82) is 0 Å². The van der Waals surface area contributed by atoms with Gasteiger partial charge in [-0.25, -0.2) is 0 Å². The average Bonchev–Trinajstić information content (AvgIpc) is 2.27. The maximum Gasteiger partial charge on any atom is 0.419 e. The summed E-state index contributed by atoms with van der Waals surface area (Å²) in [6.45, 7) is 2.95. The van der Waals surface area contributed by atoms with Gasteiger partial charge < -0.3 is 4.74 Å². The molecule has 0 saturated carbocycles. The van der Waals surface area contributed by atoms with E-state index >= 15 is 0 Å². The molecule has 0 amide bonds. The molecule has 0 radical (unpaired) electrons. The van der Waals surface area contributed by atoms with Gasteiger partial charge in [-0.05, 0) is 32.0 Å². The van der Waals surface area contributed by atoms with Gasteiger partial charge in [0.2, 0.25) is 0 Å². The molecule has 0 heterocycles. The number of ether oxygens (including phenoxy) is 1. The number of hydrogen-bond acceptors (Lipinski definition) is 2. The lowest BCUT2D eigenvalue weighted by atomic mass is 10.1. The minimum absolute atomic E-state index is 0.0758. The number of hydrogen-bond donors (Lipinski definition) is 0. The molecule has 0 aliphatic heterocycles. The van der Waals surface area contributed by atoms with Gasteiger partial charge in [0.15, 0.2) is 5.60 Å². The molecular weight excluding hydrogens is 245 g/mol. The van der Waals surface area contributed by atoms with Crippen molar-refractivity contribution in [3.05, 3.63) is 29.3 Å². The first-order valence-corrected chi connectivity index (χ1v) is 5.03. The molecule has 0 fully saturated rings. The molecule has 0 bridgehead atoms. The van der Waals surface area contributed by atoms with E-state index in [0.29, 0.717) is 6.29 Å². The average molecular weight is 256 g/mol. The van der Waals surface area contributed by atoms with Gasteiger partial charge in [0.25, 0.3) is 0 Å². The third-order valence-electron chi connectivity index (χ3n) is 2.16. The van der Waals surface area contributed by atoms with Crippen LogP contribution in [0.2, 0.25) is 0 Å². The van der Waals surface area contributed by atoms with Crippen LogP contribution < -0.4 is 4.74 Å². The Kier molecular flexibility index (Phi) is 3.70. The molecule has 18 heavy (non-hydrogen) atoms. The third-order valence-corrected chi connectivity index (χ3v) is 2.16. The van der Waals surface area contributed by atoms with Gasteiger partial charge in [0, 0.05) is 5.56 Å². The van der Waals surface area contributed by atoms with E-state index in [1.807, 2.05) is 0 Å². The predicted octanol–water partition coefficient (Wildman–Crippen LogP) is 3.31. The van der Waals surface area contributed by atoms with E-state index in [9.17, 15) is 18.0 Å². The summed E-state index contributed by atoms with van der Waals surface area (Å²) < 4.78 is 43.5. The first kappa shape index (κ1) is 14.1. The Balaban J connectivity index is 3.28. The highest BCUT2D eigenvalue weighted by molar-refractivity contribution is 5.75. The number of carbonyl (C=O) groups excluding carboxylic acids is 1.